The first-order valence-electron chi connectivity index (χ1n) is 9.41. The number of rotatable bonds is 7. The lowest BCUT2D eigenvalue weighted by atomic mass is 9.82. The molecule has 2 aromatic carbocycles. The van der Waals surface area contributed by atoms with E-state index in [2.05, 4.69) is 4.72 Å². The Labute approximate surface area is 171 Å². The van der Waals surface area contributed by atoms with Crippen molar-refractivity contribution in [1.29, 1.82) is 0 Å². The van der Waals surface area contributed by atoms with E-state index in [1.54, 1.807) is 19.1 Å². The number of ether oxygens (including phenoxy) is 1. The number of halogens is 1. The highest BCUT2D eigenvalue weighted by Gasteiger charge is 2.23. The predicted octanol–water partition coefficient (Wildman–Crippen LogP) is 3.84. The summed E-state index contributed by atoms with van der Waals surface area (Å²) in [5.41, 5.74) is 3.26. The lowest BCUT2D eigenvalue weighted by Gasteiger charge is -2.26. The van der Waals surface area contributed by atoms with Crippen molar-refractivity contribution in [1.82, 2.24) is 4.72 Å². The molecule has 1 atom stereocenters. The fourth-order valence-corrected chi connectivity index (χ4v) is 4.78. The summed E-state index contributed by atoms with van der Waals surface area (Å²) < 4.78 is 32.8. The summed E-state index contributed by atoms with van der Waals surface area (Å²) in [6, 6.07) is 12.1. The van der Waals surface area contributed by atoms with Gasteiger partial charge in [-0.1, -0.05) is 29.8 Å². The molecule has 0 spiro atoms. The summed E-state index contributed by atoms with van der Waals surface area (Å²) in [4.78, 5) is 11.9. The molecule has 1 aliphatic carbocycles. The summed E-state index contributed by atoms with van der Waals surface area (Å²) in [5.74, 6) is -0.118. The van der Waals surface area contributed by atoms with Crippen LogP contribution in [0.3, 0.4) is 0 Å². The van der Waals surface area contributed by atoms with E-state index < -0.39 is 10.0 Å². The standard InChI is InChI=1S/C21H24ClNO4S/c1-2-27-21(24)13-15-6-11-20-16(12-15)4-3-5-17(20)14-23-28(25,26)19-9-7-18(22)8-10-19/h6-12,17,23H,2-5,13-14H2,1H3. The van der Waals surface area contributed by atoms with Gasteiger partial charge in [0, 0.05) is 11.6 Å². The molecule has 0 amide bonds. The van der Waals surface area contributed by atoms with Crippen LogP contribution in [0.2, 0.25) is 5.02 Å². The van der Waals surface area contributed by atoms with Crippen LogP contribution in [0.25, 0.3) is 0 Å². The van der Waals surface area contributed by atoms with Crippen molar-refractivity contribution in [3.63, 3.8) is 0 Å². The zero-order valence-corrected chi connectivity index (χ0v) is 17.4. The number of esters is 1. The van der Waals surface area contributed by atoms with Gasteiger partial charge in [0.25, 0.3) is 0 Å². The lowest BCUT2D eigenvalue weighted by Crippen LogP contribution is -2.30. The molecule has 0 aliphatic heterocycles. The van der Waals surface area contributed by atoms with E-state index in [0.29, 0.717) is 18.2 Å². The number of aryl methyl sites for hydroxylation is 1. The summed E-state index contributed by atoms with van der Waals surface area (Å²) >= 11 is 5.83. The van der Waals surface area contributed by atoms with E-state index in [9.17, 15) is 13.2 Å². The third-order valence-corrected chi connectivity index (χ3v) is 6.63. The normalized spacial score (nSPS) is 16.4. The third-order valence-electron chi connectivity index (χ3n) is 4.94. The summed E-state index contributed by atoms with van der Waals surface area (Å²) in [6.45, 7) is 2.51. The highest BCUT2D eigenvalue weighted by molar-refractivity contribution is 7.89. The third kappa shape index (κ3) is 5.13. The average Bonchev–Trinajstić information content (AvgIpc) is 2.66. The van der Waals surface area contributed by atoms with Gasteiger partial charge in [-0.05, 0) is 73.1 Å². The average molecular weight is 422 g/mol. The molecule has 0 saturated carbocycles. The Morgan fingerprint density at radius 3 is 2.68 bits per heavy atom. The van der Waals surface area contributed by atoms with Gasteiger partial charge in [-0.15, -0.1) is 0 Å². The quantitative estimate of drug-likeness (QED) is 0.689. The van der Waals surface area contributed by atoms with Crippen LogP contribution in [0.1, 0.15) is 42.4 Å². The number of carbonyl (C=O) groups excluding carboxylic acids is 1. The van der Waals surface area contributed by atoms with E-state index in [1.807, 2.05) is 18.2 Å². The molecule has 150 valence electrons. The molecule has 28 heavy (non-hydrogen) atoms. The molecule has 7 heteroatoms. The van der Waals surface area contributed by atoms with Crippen molar-refractivity contribution in [2.75, 3.05) is 13.2 Å². The Morgan fingerprint density at radius 1 is 1.21 bits per heavy atom. The molecule has 0 heterocycles. The van der Waals surface area contributed by atoms with E-state index in [-0.39, 0.29) is 23.2 Å². The fourth-order valence-electron chi connectivity index (χ4n) is 3.58. The molecule has 0 saturated heterocycles. The van der Waals surface area contributed by atoms with Gasteiger partial charge in [-0.2, -0.15) is 0 Å². The van der Waals surface area contributed by atoms with E-state index >= 15 is 0 Å². The van der Waals surface area contributed by atoms with Gasteiger partial charge in [0.05, 0.1) is 17.9 Å². The molecule has 1 aliphatic rings. The minimum Gasteiger partial charge on any atom is -0.466 e. The Kier molecular flexibility index (Phi) is 6.75. The number of nitrogens with one attached hydrogen (secondary N) is 1. The number of benzene rings is 2. The molecule has 5 nitrogen and oxygen atoms in total. The highest BCUT2D eigenvalue weighted by atomic mass is 35.5. The van der Waals surface area contributed by atoms with Crippen LogP contribution in [0.5, 0.6) is 0 Å². The van der Waals surface area contributed by atoms with E-state index in [4.69, 9.17) is 16.3 Å². The van der Waals surface area contributed by atoms with Crippen molar-refractivity contribution in [2.45, 2.75) is 43.4 Å². The fraction of sp³-hybridized carbons (Fsp3) is 0.381. The summed E-state index contributed by atoms with van der Waals surface area (Å²) in [6.07, 6.45) is 3.11. The van der Waals surface area contributed by atoms with Gasteiger partial charge in [0.15, 0.2) is 0 Å². The second-order valence-corrected chi connectivity index (χ2v) is 9.11. The molecule has 0 radical (unpaired) electrons. The van der Waals surface area contributed by atoms with E-state index in [0.717, 1.165) is 30.4 Å². The molecule has 2 aromatic rings. The molecular weight excluding hydrogens is 398 g/mol. The molecule has 0 aromatic heterocycles. The zero-order chi connectivity index (χ0) is 20.1. The first kappa shape index (κ1) is 20.8. The van der Waals surface area contributed by atoms with Gasteiger partial charge >= 0.3 is 5.97 Å². The van der Waals surface area contributed by atoms with Crippen LogP contribution in [-0.2, 0) is 32.4 Å². The second-order valence-electron chi connectivity index (χ2n) is 6.91. The summed E-state index contributed by atoms with van der Waals surface area (Å²) in [5, 5.41) is 0.499. The van der Waals surface area contributed by atoms with Crippen LogP contribution < -0.4 is 4.72 Å². The Morgan fingerprint density at radius 2 is 1.96 bits per heavy atom. The number of fused-ring (bicyclic) bond motifs is 1. The molecule has 1 N–H and O–H groups in total. The van der Waals surface area contributed by atoms with E-state index in [1.165, 1.54) is 17.7 Å². The minimum absolute atomic E-state index is 0.113. The predicted molar refractivity (Wildman–Crippen MR) is 109 cm³/mol. The summed E-state index contributed by atoms with van der Waals surface area (Å²) in [7, 11) is -3.58. The van der Waals surface area contributed by atoms with Crippen molar-refractivity contribution >= 4 is 27.6 Å². The minimum atomic E-state index is -3.58. The van der Waals surface area contributed by atoms with Gasteiger partial charge in [-0.3, -0.25) is 4.79 Å². The Hall–Kier alpha value is -1.89. The first-order chi connectivity index (χ1) is 13.4. The second kappa shape index (κ2) is 9.07. The first-order valence-corrected chi connectivity index (χ1v) is 11.3. The van der Waals surface area contributed by atoms with Crippen LogP contribution in [0, 0.1) is 0 Å². The largest absolute Gasteiger partial charge is 0.466 e. The lowest BCUT2D eigenvalue weighted by molar-refractivity contribution is -0.142. The number of hydrogen-bond acceptors (Lipinski definition) is 4. The zero-order valence-electron chi connectivity index (χ0n) is 15.8. The number of hydrogen-bond donors (Lipinski definition) is 1. The maximum Gasteiger partial charge on any atom is 0.310 e. The molecule has 1 unspecified atom stereocenters. The van der Waals surface area contributed by atoms with Crippen LogP contribution >= 0.6 is 11.6 Å². The topological polar surface area (TPSA) is 72.5 Å². The molecule has 0 fully saturated rings. The van der Waals surface area contributed by atoms with Gasteiger partial charge < -0.3 is 4.74 Å². The smallest absolute Gasteiger partial charge is 0.310 e. The number of carbonyl (C=O) groups is 1. The van der Waals surface area contributed by atoms with Gasteiger partial charge in [-0.25, -0.2) is 13.1 Å². The Bertz CT molecular complexity index is 941. The van der Waals surface area contributed by atoms with Crippen LogP contribution in [0.4, 0.5) is 0 Å². The van der Waals surface area contributed by atoms with Crippen molar-refractivity contribution in [3.8, 4) is 0 Å². The maximum absolute atomic E-state index is 12.5. The molecular formula is C21H24ClNO4S. The van der Waals surface area contributed by atoms with Crippen molar-refractivity contribution < 1.29 is 17.9 Å². The maximum atomic E-state index is 12.5. The highest BCUT2D eigenvalue weighted by Crippen LogP contribution is 2.32. The van der Waals surface area contributed by atoms with Crippen LogP contribution in [-0.4, -0.2) is 27.5 Å². The van der Waals surface area contributed by atoms with Crippen LogP contribution in [0.15, 0.2) is 47.4 Å². The van der Waals surface area contributed by atoms with Crippen molar-refractivity contribution in [2.24, 2.45) is 0 Å². The van der Waals surface area contributed by atoms with Gasteiger partial charge in [0.2, 0.25) is 10.0 Å². The van der Waals surface area contributed by atoms with Crippen molar-refractivity contribution in [3.05, 3.63) is 64.2 Å². The van der Waals surface area contributed by atoms with Gasteiger partial charge in [0.1, 0.15) is 0 Å². The molecule has 3 rings (SSSR count). The Balaban J connectivity index is 1.70. The number of sulfonamides is 1. The SMILES string of the molecule is CCOC(=O)Cc1ccc2c(c1)CCCC2CNS(=O)(=O)c1ccc(Cl)cc1. The monoisotopic (exact) mass is 421 g/mol. The molecule has 0 bridgehead atoms.